The Bertz CT molecular complexity index is 1850. The van der Waals surface area contributed by atoms with Gasteiger partial charge in [-0.3, -0.25) is 19.3 Å². The summed E-state index contributed by atoms with van der Waals surface area (Å²) in [5.41, 5.74) is -1.87. The monoisotopic (exact) mass is 632 g/mol. The number of para-hydroxylation sites is 1. The Labute approximate surface area is 261 Å². The first-order valence-electron chi connectivity index (χ1n) is 14.2. The summed E-state index contributed by atoms with van der Waals surface area (Å²) in [5.74, 6) is -3.88. The van der Waals surface area contributed by atoms with Crippen molar-refractivity contribution in [3.05, 3.63) is 113 Å². The van der Waals surface area contributed by atoms with E-state index in [2.05, 4.69) is 15.7 Å². The van der Waals surface area contributed by atoms with Gasteiger partial charge in [-0.05, 0) is 68.8 Å². The molecule has 0 saturated carbocycles. The average molecular weight is 633 g/mol. The predicted molar refractivity (Wildman–Crippen MR) is 160 cm³/mol. The molecular formula is C33H28F4N6O3. The van der Waals surface area contributed by atoms with Crippen molar-refractivity contribution in [1.82, 2.24) is 20.4 Å². The Kier molecular flexibility index (Phi) is 8.40. The molecule has 5 rings (SSSR count). The first-order valence-corrected chi connectivity index (χ1v) is 14.2. The van der Waals surface area contributed by atoms with E-state index in [9.17, 15) is 37.2 Å². The molecular weight excluding hydrogens is 604 g/mol. The van der Waals surface area contributed by atoms with Crippen molar-refractivity contribution in [2.24, 2.45) is 0 Å². The number of carbonyl (C=O) groups excluding carboxylic acids is 3. The number of hydrogen-bond acceptors (Lipinski definition) is 5. The fraction of sp³-hybridized carbons (Fsp3) is 0.242. The largest absolute Gasteiger partial charge is 0.416 e. The van der Waals surface area contributed by atoms with Crippen molar-refractivity contribution in [2.75, 3.05) is 11.4 Å². The summed E-state index contributed by atoms with van der Waals surface area (Å²) in [6, 6.07) is 18.0. The molecule has 13 heteroatoms. The third-order valence-electron chi connectivity index (χ3n) is 7.53. The molecule has 0 bridgehead atoms. The van der Waals surface area contributed by atoms with Crippen molar-refractivity contribution >= 4 is 23.5 Å². The third kappa shape index (κ3) is 6.06. The lowest BCUT2D eigenvalue weighted by Crippen LogP contribution is -2.55. The lowest BCUT2D eigenvalue weighted by Gasteiger charge is -2.38. The van der Waals surface area contributed by atoms with Gasteiger partial charge in [-0.1, -0.05) is 36.4 Å². The first kappa shape index (κ1) is 31.9. The Morgan fingerprint density at radius 1 is 0.978 bits per heavy atom. The van der Waals surface area contributed by atoms with Crippen molar-refractivity contribution < 1.29 is 31.9 Å². The molecule has 9 nitrogen and oxygen atoms in total. The molecule has 2 N–H and O–H groups in total. The smallest absolute Gasteiger partial charge is 0.339 e. The van der Waals surface area contributed by atoms with Crippen LogP contribution in [0.3, 0.4) is 0 Å². The molecule has 3 amide bonds. The highest BCUT2D eigenvalue weighted by Crippen LogP contribution is 2.44. The quantitative estimate of drug-likeness (QED) is 0.266. The van der Waals surface area contributed by atoms with Gasteiger partial charge in [0.1, 0.15) is 23.2 Å². The lowest BCUT2D eigenvalue weighted by molar-refractivity contribution is -0.137. The third-order valence-corrected chi connectivity index (χ3v) is 7.53. The minimum Gasteiger partial charge on any atom is -0.339 e. The molecule has 0 spiro atoms. The van der Waals surface area contributed by atoms with Crippen molar-refractivity contribution in [3.8, 4) is 11.8 Å². The highest BCUT2D eigenvalue weighted by Gasteiger charge is 2.47. The topological polar surface area (TPSA) is 120 Å². The molecule has 4 aromatic rings. The summed E-state index contributed by atoms with van der Waals surface area (Å²) in [6.45, 7) is 4.71. The number of aromatic nitrogens is 2. The van der Waals surface area contributed by atoms with Gasteiger partial charge in [-0.25, -0.2) is 9.07 Å². The van der Waals surface area contributed by atoms with Crippen LogP contribution >= 0.6 is 0 Å². The summed E-state index contributed by atoms with van der Waals surface area (Å²) in [6.07, 6.45) is -4.72. The van der Waals surface area contributed by atoms with Crippen molar-refractivity contribution in [1.29, 1.82) is 5.26 Å². The van der Waals surface area contributed by atoms with Crippen molar-refractivity contribution in [2.45, 2.75) is 44.4 Å². The average Bonchev–Trinajstić information content (AvgIpc) is 3.42. The maximum atomic E-state index is 14.3. The highest BCUT2D eigenvalue weighted by atomic mass is 19.4. The maximum absolute atomic E-state index is 14.3. The van der Waals surface area contributed by atoms with Crippen LogP contribution in [0.2, 0.25) is 0 Å². The number of carbonyl (C=O) groups is 3. The summed E-state index contributed by atoms with van der Waals surface area (Å²) in [5, 5.41) is 19.4. The Morgan fingerprint density at radius 3 is 2.26 bits per heavy atom. The summed E-state index contributed by atoms with van der Waals surface area (Å²) in [4.78, 5) is 42.9. The van der Waals surface area contributed by atoms with E-state index in [0.717, 1.165) is 24.3 Å². The molecule has 0 saturated heterocycles. The second-order valence-electron chi connectivity index (χ2n) is 11.2. The van der Waals surface area contributed by atoms with Gasteiger partial charge in [0.05, 0.1) is 17.3 Å². The van der Waals surface area contributed by atoms with Crippen LogP contribution in [0.4, 0.5) is 23.4 Å². The van der Waals surface area contributed by atoms with Crippen LogP contribution in [0.5, 0.6) is 0 Å². The standard InChI is InChI=1S/C33H28F4N6O3/c1-4-42-30-25(26(29(45)40-32(2,3)18-38)41-43(30)23-11-6-5-7-12-23)24(19-13-15-22(34)16-14-19)27(31(42)46)39-28(44)20-9-8-10-21(17-20)33(35,36)37/h5-17,24,27H,4H2,1-3H3,(H,39,44)(H,40,45). The van der Waals surface area contributed by atoms with Crippen LogP contribution < -0.4 is 15.5 Å². The Balaban J connectivity index is 1.74. The van der Waals surface area contributed by atoms with E-state index in [1.807, 2.05) is 6.07 Å². The number of halogens is 4. The van der Waals surface area contributed by atoms with Crippen LogP contribution in [0.15, 0.2) is 78.9 Å². The molecule has 2 atom stereocenters. The molecule has 46 heavy (non-hydrogen) atoms. The number of anilines is 1. The van der Waals surface area contributed by atoms with E-state index in [-0.39, 0.29) is 29.2 Å². The Morgan fingerprint density at radius 2 is 1.65 bits per heavy atom. The highest BCUT2D eigenvalue weighted by molar-refractivity contribution is 6.07. The molecule has 0 aliphatic carbocycles. The van der Waals surface area contributed by atoms with E-state index in [4.69, 9.17) is 0 Å². The summed E-state index contributed by atoms with van der Waals surface area (Å²) >= 11 is 0. The fourth-order valence-corrected chi connectivity index (χ4v) is 5.38. The van der Waals surface area contributed by atoms with E-state index in [1.165, 1.54) is 41.6 Å². The number of fused-ring (bicyclic) bond motifs is 1. The second kappa shape index (κ2) is 12.1. The second-order valence-corrected chi connectivity index (χ2v) is 11.2. The van der Waals surface area contributed by atoms with Gasteiger partial charge in [-0.15, -0.1) is 0 Å². The van der Waals surface area contributed by atoms with E-state index in [0.29, 0.717) is 17.3 Å². The predicted octanol–water partition coefficient (Wildman–Crippen LogP) is 5.36. The van der Waals surface area contributed by atoms with E-state index < -0.39 is 52.8 Å². The fourth-order valence-electron chi connectivity index (χ4n) is 5.38. The summed E-state index contributed by atoms with van der Waals surface area (Å²) < 4.78 is 55.9. The van der Waals surface area contributed by atoms with Crippen LogP contribution in [-0.4, -0.2) is 45.6 Å². The van der Waals surface area contributed by atoms with Gasteiger partial charge in [0.25, 0.3) is 17.7 Å². The SMILES string of the molecule is CCN1C(=O)C(NC(=O)c2cccc(C(F)(F)F)c2)C(c2ccc(F)cc2)c2c(C(=O)NC(C)(C)C#N)nn(-c3ccccc3)c21. The minimum absolute atomic E-state index is 0.0567. The number of amides is 3. The molecule has 0 radical (unpaired) electrons. The number of nitriles is 1. The van der Waals surface area contributed by atoms with Gasteiger partial charge in [0.15, 0.2) is 5.69 Å². The van der Waals surface area contributed by atoms with Crippen molar-refractivity contribution in [3.63, 3.8) is 0 Å². The van der Waals surface area contributed by atoms with E-state index >= 15 is 0 Å². The first-order chi connectivity index (χ1) is 21.8. The van der Waals surface area contributed by atoms with Gasteiger partial charge >= 0.3 is 6.18 Å². The number of benzene rings is 3. The van der Waals surface area contributed by atoms with Gasteiger partial charge in [0, 0.05) is 23.6 Å². The Hall–Kier alpha value is -5.51. The molecule has 1 aromatic heterocycles. The van der Waals surface area contributed by atoms with Crippen LogP contribution in [0.1, 0.15) is 64.2 Å². The number of hydrogen-bond donors (Lipinski definition) is 2. The molecule has 1 aliphatic rings. The zero-order valence-electron chi connectivity index (χ0n) is 24.9. The van der Waals surface area contributed by atoms with Gasteiger partial charge in [0.2, 0.25) is 0 Å². The van der Waals surface area contributed by atoms with Gasteiger partial charge in [-0.2, -0.15) is 23.5 Å². The number of nitrogens with one attached hydrogen (secondary N) is 2. The number of alkyl halides is 3. The zero-order valence-corrected chi connectivity index (χ0v) is 24.9. The molecule has 1 aliphatic heterocycles. The zero-order chi connectivity index (χ0) is 33.4. The van der Waals surface area contributed by atoms with E-state index in [1.54, 1.807) is 37.3 Å². The maximum Gasteiger partial charge on any atom is 0.416 e. The van der Waals surface area contributed by atoms with Crippen LogP contribution in [-0.2, 0) is 11.0 Å². The molecule has 2 heterocycles. The van der Waals surface area contributed by atoms with Gasteiger partial charge < -0.3 is 10.6 Å². The number of nitrogens with zero attached hydrogens (tertiary/aromatic N) is 4. The molecule has 3 aromatic carbocycles. The number of likely N-dealkylation sites (N-methyl/N-ethyl adjacent to an activating group) is 1. The molecule has 2 unspecified atom stereocenters. The number of rotatable bonds is 7. The normalized spacial score (nSPS) is 16.4. The minimum atomic E-state index is -4.72. The van der Waals surface area contributed by atoms with Crippen LogP contribution in [0, 0.1) is 17.1 Å². The molecule has 236 valence electrons. The summed E-state index contributed by atoms with van der Waals surface area (Å²) in [7, 11) is 0. The lowest BCUT2D eigenvalue weighted by atomic mass is 9.80. The van der Waals surface area contributed by atoms with Crippen LogP contribution in [0.25, 0.3) is 5.69 Å². The molecule has 0 fully saturated rings.